The van der Waals surface area contributed by atoms with Crippen LogP contribution in [0, 0.1) is 0 Å². The van der Waals surface area contributed by atoms with Gasteiger partial charge in [-0.3, -0.25) is 9.78 Å². The van der Waals surface area contributed by atoms with Gasteiger partial charge in [-0.15, -0.1) is 0 Å². The molecule has 180 valence electrons. The molecule has 2 amide bonds. The standard InChI is InChI=1S/C24H25F2N3O5/c1-2-33-22(31)16-11-17-18(27-12-16)13-29(21(17)30)19-9-6-10-24(25,26)20(19)28-23(32)34-14-15-7-4-3-5-8-15/h3-5,7-8,11-12,19-20H,2,6,9-10,13-14H2,1H3,(H,28,32)/t19-,20+/m1/s1. The number of nitrogens with one attached hydrogen (secondary N) is 1. The molecule has 4 rings (SSSR count). The molecule has 1 aliphatic heterocycles. The van der Waals surface area contributed by atoms with Gasteiger partial charge in [0.05, 0.1) is 36.0 Å². The predicted octanol–water partition coefficient (Wildman–Crippen LogP) is 3.70. The van der Waals surface area contributed by atoms with Gasteiger partial charge in [-0.1, -0.05) is 30.3 Å². The molecule has 1 saturated carbocycles. The summed E-state index contributed by atoms with van der Waals surface area (Å²) in [5.74, 6) is -4.36. The first-order valence-corrected chi connectivity index (χ1v) is 11.1. The Morgan fingerprint density at radius 3 is 2.74 bits per heavy atom. The second-order valence-corrected chi connectivity index (χ2v) is 8.28. The molecule has 0 spiro atoms. The van der Waals surface area contributed by atoms with Crippen molar-refractivity contribution in [1.29, 1.82) is 0 Å². The smallest absolute Gasteiger partial charge is 0.407 e. The monoisotopic (exact) mass is 473 g/mol. The number of carbonyl (C=O) groups excluding carboxylic acids is 3. The number of carbonyl (C=O) groups is 3. The van der Waals surface area contributed by atoms with Crippen LogP contribution in [0.2, 0.25) is 0 Å². The number of benzene rings is 1. The summed E-state index contributed by atoms with van der Waals surface area (Å²) in [6.45, 7) is 1.77. The molecule has 1 aromatic carbocycles. The summed E-state index contributed by atoms with van der Waals surface area (Å²) in [4.78, 5) is 43.0. The Hall–Kier alpha value is -3.56. The largest absolute Gasteiger partial charge is 0.462 e. The molecule has 1 aliphatic carbocycles. The number of alkyl carbamates (subject to hydrolysis) is 1. The molecule has 8 nitrogen and oxygen atoms in total. The third kappa shape index (κ3) is 4.85. The van der Waals surface area contributed by atoms with Crippen molar-refractivity contribution < 1.29 is 32.6 Å². The summed E-state index contributed by atoms with van der Waals surface area (Å²) in [5, 5.41) is 2.30. The summed E-state index contributed by atoms with van der Waals surface area (Å²) in [7, 11) is 0. The lowest BCUT2D eigenvalue weighted by atomic mass is 9.86. The highest BCUT2D eigenvalue weighted by molar-refractivity contribution is 6.00. The third-order valence-electron chi connectivity index (χ3n) is 6.03. The van der Waals surface area contributed by atoms with E-state index >= 15 is 0 Å². The van der Waals surface area contributed by atoms with Gasteiger partial charge >= 0.3 is 12.1 Å². The van der Waals surface area contributed by atoms with E-state index < -0.39 is 42.4 Å². The van der Waals surface area contributed by atoms with Crippen molar-refractivity contribution in [2.24, 2.45) is 0 Å². The fourth-order valence-electron chi connectivity index (χ4n) is 4.37. The third-order valence-corrected chi connectivity index (χ3v) is 6.03. The Balaban J connectivity index is 1.50. The second kappa shape index (κ2) is 9.74. The number of alkyl halides is 2. The summed E-state index contributed by atoms with van der Waals surface area (Å²) in [6, 6.07) is 7.67. The highest BCUT2D eigenvalue weighted by Gasteiger charge is 2.52. The maximum atomic E-state index is 14.9. The fourth-order valence-corrected chi connectivity index (χ4v) is 4.37. The number of amides is 2. The highest BCUT2D eigenvalue weighted by Crippen LogP contribution is 2.38. The van der Waals surface area contributed by atoms with Crippen LogP contribution in [0.5, 0.6) is 0 Å². The Labute approximate surface area is 195 Å². The second-order valence-electron chi connectivity index (χ2n) is 8.28. The lowest BCUT2D eigenvalue weighted by Gasteiger charge is -2.42. The van der Waals surface area contributed by atoms with Crippen molar-refractivity contribution in [2.45, 2.75) is 57.3 Å². The molecule has 2 aromatic rings. The van der Waals surface area contributed by atoms with Crippen molar-refractivity contribution >= 4 is 18.0 Å². The summed E-state index contributed by atoms with van der Waals surface area (Å²) >= 11 is 0. The molecular formula is C24H25F2N3O5. The Morgan fingerprint density at radius 1 is 1.24 bits per heavy atom. The first-order valence-electron chi connectivity index (χ1n) is 11.1. The Kier molecular flexibility index (Phi) is 6.76. The van der Waals surface area contributed by atoms with Crippen molar-refractivity contribution in [3.8, 4) is 0 Å². The maximum Gasteiger partial charge on any atom is 0.407 e. The lowest BCUT2D eigenvalue weighted by Crippen LogP contribution is -2.62. The van der Waals surface area contributed by atoms with E-state index in [1.54, 1.807) is 31.2 Å². The first-order chi connectivity index (χ1) is 16.3. The summed E-state index contributed by atoms with van der Waals surface area (Å²) in [6.07, 6.45) is 0.389. The minimum atomic E-state index is -3.23. The van der Waals surface area contributed by atoms with Gasteiger partial charge < -0.3 is 19.7 Å². The molecule has 0 bridgehead atoms. The van der Waals surface area contributed by atoms with Crippen LogP contribution in [0.3, 0.4) is 0 Å². The SMILES string of the molecule is CCOC(=O)c1cnc2c(c1)C(=O)N([C@@H]1CCCC(F)(F)[C@H]1NC(=O)OCc1ccccc1)C2. The van der Waals surface area contributed by atoms with Crippen molar-refractivity contribution in [1.82, 2.24) is 15.2 Å². The molecule has 10 heteroatoms. The molecule has 2 aliphatic rings. The van der Waals surface area contributed by atoms with E-state index in [1.807, 2.05) is 6.07 Å². The number of nitrogens with zero attached hydrogens (tertiary/aromatic N) is 2. The van der Waals surface area contributed by atoms with Crippen LogP contribution in [-0.4, -0.2) is 52.5 Å². The molecular weight excluding hydrogens is 448 g/mol. The van der Waals surface area contributed by atoms with E-state index in [2.05, 4.69) is 10.3 Å². The van der Waals surface area contributed by atoms with E-state index in [1.165, 1.54) is 17.2 Å². The first kappa shape index (κ1) is 23.6. The zero-order valence-corrected chi connectivity index (χ0v) is 18.6. The van der Waals surface area contributed by atoms with E-state index in [9.17, 15) is 23.2 Å². The topological polar surface area (TPSA) is 97.8 Å². The number of hydrogen-bond donors (Lipinski definition) is 1. The number of halogens is 2. The van der Waals surface area contributed by atoms with E-state index in [0.29, 0.717) is 5.69 Å². The minimum absolute atomic E-state index is 0.00919. The summed E-state index contributed by atoms with van der Waals surface area (Å²) < 4.78 is 39.9. The number of fused-ring (bicyclic) bond motifs is 1. The summed E-state index contributed by atoms with van der Waals surface area (Å²) in [5.41, 5.74) is 1.39. The Morgan fingerprint density at radius 2 is 2.00 bits per heavy atom. The molecule has 0 unspecified atom stereocenters. The van der Waals surface area contributed by atoms with Crippen molar-refractivity contribution in [3.63, 3.8) is 0 Å². The lowest BCUT2D eigenvalue weighted by molar-refractivity contribution is -0.0887. The van der Waals surface area contributed by atoms with Crippen LogP contribution in [0.1, 0.15) is 58.2 Å². The molecule has 0 saturated heterocycles. The molecule has 2 atom stereocenters. The number of rotatable bonds is 6. The maximum absolute atomic E-state index is 14.9. The average Bonchev–Trinajstić information content (AvgIpc) is 3.15. The Bertz CT molecular complexity index is 1080. The van der Waals surface area contributed by atoms with Crippen LogP contribution in [0.4, 0.5) is 13.6 Å². The molecule has 1 aromatic heterocycles. The normalized spacial score (nSPS) is 21.0. The van der Waals surface area contributed by atoms with Gasteiger partial charge in [0.1, 0.15) is 12.6 Å². The molecule has 2 heterocycles. The van der Waals surface area contributed by atoms with Crippen LogP contribution in [0.25, 0.3) is 0 Å². The minimum Gasteiger partial charge on any atom is -0.462 e. The number of esters is 1. The highest BCUT2D eigenvalue weighted by atomic mass is 19.3. The van der Waals surface area contributed by atoms with Gasteiger partial charge in [0.25, 0.3) is 11.8 Å². The molecule has 0 radical (unpaired) electrons. The van der Waals surface area contributed by atoms with Gasteiger partial charge in [0, 0.05) is 12.6 Å². The molecule has 1 fully saturated rings. The van der Waals surface area contributed by atoms with Gasteiger partial charge in [-0.25, -0.2) is 18.4 Å². The zero-order chi connectivity index (χ0) is 24.3. The number of hydrogen-bond acceptors (Lipinski definition) is 6. The average molecular weight is 473 g/mol. The van der Waals surface area contributed by atoms with Gasteiger partial charge in [-0.05, 0) is 31.4 Å². The number of ether oxygens (including phenoxy) is 2. The number of pyridine rings is 1. The van der Waals surface area contributed by atoms with E-state index in [-0.39, 0.29) is 43.7 Å². The van der Waals surface area contributed by atoms with Gasteiger partial charge in [0.15, 0.2) is 0 Å². The van der Waals surface area contributed by atoms with E-state index in [0.717, 1.165) is 5.56 Å². The van der Waals surface area contributed by atoms with Crippen LogP contribution >= 0.6 is 0 Å². The van der Waals surface area contributed by atoms with Gasteiger partial charge in [0.2, 0.25) is 0 Å². The van der Waals surface area contributed by atoms with E-state index in [4.69, 9.17) is 9.47 Å². The van der Waals surface area contributed by atoms with Gasteiger partial charge in [-0.2, -0.15) is 0 Å². The zero-order valence-electron chi connectivity index (χ0n) is 18.6. The number of aromatic nitrogens is 1. The predicted molar refractivity (Wildman–Crippen MR) is 116 cm³/mol. The van der Waals surface area contributed by atoms with Crippen molar-refractivity contribution in [2.75, 3.05) is 6.61 Å². The van der Waals surface area contributed by atoms with Crippen molar-refractivity contribution in [3.05, 3.63) is 65.0 Å². The van der Waals surface area contributed by atoms with Crippen LogP contribution < -0.4 is 5.32 Å². The quantitative estimate of drug-likeness (QED) is 0.643. The fraction of sp³-hybridized carbons (Fsp3) is 0.417. The molecule has 1 N–H and O–H groups in total. The molecule has 34 heavy (non-hydrogen) atoms. The van der Waals surface area contributed by atoms with Crippen LogP contribution in [0.15, 0.2) is 42.6 Å². The van der Waals surface area contributed by atoms with Crippen LogP contribution in [-0.2, 0) is 22.6 Å².